The Morgan fingerprint density at radius 1 is 1.21 bits per heavy atom. The molecule has 2 N–H and O–H groups in total. The minimum atomic E-state index is -0.705. The molecule has 5 nitrogen and oxygen atoms in total. The second-order valence-corrected chi connectivity index (χ2v) is 4.04. The normalized spacial score (nSPS) is 11.7. The van der Waals surface area contributed by atoms with Crippen LogP contribution in [0.1, 0.15) is 20.8 Å². The van der Waals surface area contributed by atoms with E-state index in [4.69, 9.17) is 5.73 Å². The monoisotopic (exact) mass is 262 g/mol. The van der Waals surface area contributed by atoms with E-state index in [1.54, 1.807) is 4.68 Å². The molecule has 0 fully saturated rings. The molecule has 0 spiro atoms. The molecular weight excluding hydrogens is 242 g/mol. The van der Waals surface area contributed by atoms with Crippen LogP contribution < -0.4 is 10.7 Å². The maximum Gasteiger partial charge on any atom is 0.336 e. The van der Waals surface area contributed by atoms with Crippen LogP contribution in [0.5, 0.6) is 0 Å². The van der Waals surface area contributed by atoms with Crippen molar-refractivity contribution in [1.29, 1.82) is 0 Å². The summed E-state index contributed by atoms with van der Waals surface area (Å²) < 4.78 is 1.62. The first-order chi connectivity index (χ1) is 9.02. The fourth-order valence-electron chi connectivity index (χ4n) is 2.02. The number of hydrogen-bond donors (Lipinski definition) is 1. The van der Waals surface area contributed by atoms with Crippen LogP contribution in [0.4, 0.5) is 5.69 Å². The molecule has 0 saturated heterocycles. The smallest absolute Gasteiger partial charge is 0.336 e. The molecule has 1 rings (SSSR count). The zero-order chi connectivity index (χ0) is 14.4. The van der Waals surface area contributed by atoms with Crippen LogP contribution in [-0.4, -0.2) is 35.2 Å². The van der Waals surface area contributed by atoms with Gasteiger partial charge < -0.3 is 5.73 Å². The molecule has 0 aliphatic carbocycles. The third kappa shape index (κ3) is 3.40. The lowest BCUT2D eigenvalue weighted by molar-refractivity contribution is -0.535. The Morgan fingerprint density at radius 2 is 1.79 bits per heavy atom. The maximum atomic E-state index is 11.6. The number of anilines is 1. The lowest BCUT2D eigenvalue weighted by Gasteiger charge is -2.19. The number of primary amides is 1. The molecule has 1 amide bonds. The standard InChI is InChI=1S/C14H19N3O2/c1-4-16(12-9-7-6-8-10-12)17(5-2)13(11(3)18)14(15)19/h6-10H,4-5H2,1-3H3,(H-,15,19)/p+1. The molecule has 0 unspecified atom stereocenters. The second kappa shape index (κ2) is 6.68. The number of hydrazine groups is 1. The first kappa shape index (κ1) is 14.9. The van der Waals surface area contributed by atoms with Gasteiger partial charge >= 0.3 is 11.6 Å². The van der Waals surface area contributed by atoms with Gasteiger partial charge in [0.05, 0.1) is 12.2 Å². The SMILES string of the molecule is CCN(c1ccccc1)[N+](CC)=C(C(C)=O)C(N)=O. The predicted molar refractivity (Wildman–Crippen MR) is 75.1 cm³/mol. The van der Waals surface area contributed by atoms with E-state index in [1.807, 2.05) is 49.2 Å². The molecule has 5 heteroatoms. The van der Waals surface area contributed by atoms with Crippen molar-refractivity contribution in [2.24, 2.45) is 5.73 Å². The number of amides is 1. The van der Waals surface area contributed by atoms with Gasteiger partial charge in [-0.25, -0.2) is 0 Å². The van der Waals surface area contributed by atoms with E-state index in [0.717, 1.165) is 5.69 Å². The van der Waals surface area contributed by atoms with Crippen molar-refractivity contribution in [2.75, 3.05) is 18.1 Å². The zero-order valence-electron chi connectivity index (χ0n) is 11.6. The van der Waals surface area contributed by atoms with Gasteiger partial charge in [-0.15, -0.1) is 0 Å². The van der Waals surface area contributed by atoms with Crippen LogP contribution in [0.25, 0.3) is 0 Å². The molecule has 0 bridgehead atoms. The van der Waals surface area contributed by atoms with Crippen molar-refractivity contribution in [3.8, 4) is 0 Å². The van der Waals surface area contributed by atoms with Crippen LogP contribution >= 0.6 is 0 Å². The highest BCUT2D eigenvalue weighted by Gasteiger charge is 2.29. The number of Topliss-reactive ketones (excluding diaryl/α,β-unsaturated/α-hetero) is 1. The summed E-state index contributed by atoms with van der Waals surface area (Å²) >= 11 is 0. The Hall–Kier alpha value is -2.17. The first-order valence-corrected chi connectivity index (χ1v) is 6.30. The van der Waals surface area contributed by atoms with Gasteiger partial charge in [0.1, 0.15) is 0 Å². The molecule has 19 heavy (non-hydrogen) atoms. The predicted octanol–water partition coefficient (Wildman–Crippen LogP) is 0.976. The summed E-state index contributed by atoms with van der Waals surface area (Å²) in [6.45, 7) is 6.29. The number of nitrogens with zero attached hydrogens (tertiary/aromatic N) is 2. The van der Waals surface area contributed by atoms with Crippen molar-refractivity contribution in [3.63, 3.8) is 0 Å². The number of carbonyl (C=O) groups excluding carboxylic acids is 2. The largest absolute Gasteiger partial charge is 0.360 e. The number of para-hydroxylation sites is 1. The van der Waals surface area contributed by atoms with Crippen molar-refractivity contribution in [3.05, 3.63) is 30.3 Å². The minimum absolute atomic E-state index is 0.00760. The fourth-order valence-corrected chi connectivity index (χ4v) is 2.02. The molecule has 1 aromatic carbocycles. The number of nitrogens with two attached hydrogens (primary N) is 1. The lowest BCUT2D eigenvalue weighted by atomic mass is 10.2. The van der Waals surface area contributed by atoms with Gasteiger partial charge in [-0.1, -0.05) is 22.9 Å². The van der Waals surface area contributed by atoms with Gasteiger partial charge in [-0.2, -0.15) is 5.01 Å². The Morgan fingerprint density at radius 3 is 2.16 bits per heavy atom. The van der Waals surface area contributed by atoms with Crippen molar-refractivity contribution in [1.82, 2.24) is 0 Å². The molecule has 0 atom stereocenters. The average Bonchev–Trinajstić information content (AvgIpc) is 2.38. The quantitative estimate of drug-likeness (QED) is 0.359. The van der Waals surface area contributed by atoms with Gasteiger partial charge in [-0.3, -0.25) is 9.59 Å². The van der Waals surface area contributed by atoms with Gasteiger partial charge in [0.2, 0.25) is 5.78 Å². The van der Waals surface area contributed by atoms with Crippen LogP contribution in [0.2, 0.25) is 0 Å². The van der Waals surface area contributed by atoms with E-state index < -0.39 is 5.91 Å². The van der Waals surface area contributed by atoms with E-state index in [-0.39, 0.29) is 11.5 Å². The molecule has 0 heterocycles. The van der Waals surface area contributed by atoms with Gasteiger partial charge in [0, 0.05) is 6.92 Å². The van der Waals surface area contributed by atoms with Crippen molar-refractivity contribution >= 4 is 23.1 Å². The van der Waals surface area contributed by atoms with Gasteiger partial charge in [0.15, 0.2) is 6.54 Å². The van der Waals surface area contributed by atoms with Crippen LogP contribution in [0.15, 0.2) is 30.3 Å². The highest BCUT2D eigenvalue weighted by Crippen LogP contribution is 2.13. The second-order valence-electron chi connectivity index (χ2n) is 4.04. The summed E-state index contributed by atoms with van der Waals surface area (Å²) in [4.78, 5) is 23.1. The van der Waals surface area contributed by atoms with Crippen molar-refractivity contribution < 1.29 is 14.3 Å². The summed E-state index contributed by atoms with van der Waals surface area (Å²) in [5.41, 5.74) is 6.24. The summed E-state index contributed by atoms with van der Waals surface area (Å²) in [6.07, 6.45) is 0. The average molecular weight is 262 g/mol. The lowest BCUT2D eigenvalue weighted by Crippen LogP contribution is -2.46. The molecule has 0 aliphatic rings. The maximum absolute atomic E-state index is 11.6. The zero-order valence-corrected chi connectivity index (χ0v) is 11.6. The summed E-state index contributed by atoms with van der Waals surface area (Å²) in [5, 5.41) is 1.86. The van der Waals surface area contributed by atoms with Gasteiger partial charge in [0.25, 0.3) is 0 Å². The number of rotatable bonds is 6. The first-order valence-electron chi connectivity index (χ1n) is 6.30. The van der Waals surface area contributed by atoms with Crippen molar-refractivity contribution in [2.45, 2.75) is 20.8 Å². The molecule has 0 radical (unpaired) electrons. The minimum Gasteiger partial charge on any atom is -0.360 e. The number of carbonyl (C=O) groups is 2. The summed E-state index contributed by atoms with van der Waals surface area (Å²) in [5.74, 6) is -1.03. The highest BCUT2D eigenvalue weighted by molar-refractivity contribution is 6.63. The Labute approximate surface area is 113 Å². The third-order valence-electron chi connectivity index (χ3n) is 2.77. The molecular formula is C14H20N3O2+. The van der Waals surface area contributed by atoms with Crippen LogP contribution in [0, 0.1) is 0 Å². The topological polar surface area (TPSA) is 66.4 Å². The molecule has 1 aromatic rings. The molecule has 102 valence electrons. The van der Waals surface area contributed by atoms with Crippen LogP contribution in [0.3, 0.4) is 0 Å². The highest BCUT2D eigenvalue weighted by atomic mass is 16.2. The van der Waals surface area contributed by atoms with E-state index in [1.165, 1.54) is 6.92 Å². The van der Waals surface area contributed by atoms with Gasteiger partial charge in [-0.05, 0) is 26.0 Å². The Bertz CT molecular complexity index is 479. The number of ketones is 1. The molecule has 0 saturated carbocycles. The van der Waals surface area contributed by atoms with E-state index in [0.29, 0.717) is 13.1 Å². The number of hydrogen-bond acceptors (Lipinski definition) is 3. The van der Waals surface area contributed by atoms with E-state index >= 15 is 0 Å². The fraction of sp³-hybridized carbons (Fsp3) is 0.357. The number of hydrazone groups is 1. The van der Waals surface area contributed by atoms with Crippen LogP contribution in [-0.2, 0) is 9.59 Å². The Balaban J connectivity index is 3.37. The summed E-state index contributed by atoms with van der Waals surface area (Å²) in [6, 6.07) is 9.57. The third-order valence-corrected chi connectivity index (χ3v) is 2.77. The van der Waals surface area contributed by atoms with E-state index in [9.17, 15) is 9.59 Å². The number of benzene rings is 1. The Kier molecular flexibility index (Phi) is 5.23. The molecule has 0 aliphatic heterocycles. The summed E-state index contributed by atoms with van der Waals surface area (Å²) in [7, 11) is 0. The van der Waals surface area contributed by atoms with E-state index in [2.05, 4.69) is 0 Å². The molecule has 0 aromatic heterocycles.